The molecule has 8 heteroatoms. The van der Waals surface area contributed by atoms with Gasteiger partial charge in [0.05, 0.1) is 18.2 Å². The SMILES string of the molecule is CNCCCC(=O)NCC(c1ccc(Cl)cc1)N1CCOC(C)(C)C1.Cl.Cl. The van der Waals surface area contributed by atoms with E-state index in [2.05, 4.69) is 29.4 Å². The minimum Gasteiger partial charge on any atom is -0.373 e. The third kappa shape index (κ3) is 8.99. The largest absolute Gasteiger partial charge is 0.373 e. The lowest BCUT2D eigenvalue weighted by molar-refractivity contribution is -0.122. The van der Waals surface area contributed by atoms with Gasteiger partial charge in [0.2, 0.25) is 5.91 Å². The second-order valence-corrected chi connectivity index (χ2v) is 7.59. The summed E-state index contributed by atoms with van der Waals surface area (Å²) in [5.41, 5.74) is 0.984. The summed E-state index contributed by atoms with van der Waals surface area (Å²) < 4.78 is 5.83. The molecule has 1 aliphatic heterocycles. The van der Waals surface area contributed by atoms with Crippen LogP contribution in [0.25, 0.3) is 0 Å². The Labute approximate surface area is 180 Å². The average Bonchev–Trinajstić information content (AvgIpc) is 2.56. The molecular weight excluding hydrogens is 409 g/mol. The topological polar surface area (TPSA) is 53.6 Å². The highest BCUT2D eigenvalue weighted by molar-refractivity contribution is 6.30. The monoisotopic (exact) mass is 439 g/mol. The maximum Gasteiger partial charge on any atom is 0.220 e. The van der Waals surface area contributed by atoms with Crippen molar-refractivity contribution in [3.8, 4) is 0 Å². The lowest BCUT2D eigenvalue weighted by Crippen LogP contribution is -2.51. The molecule has 1 atom stereocenters. The first-order valence-electron chi connectivity index (χ1n) is 8.96. The van der Waals surface area contributed by atoms with Crippen molar-refractivity contribution >= 4 is 42.3 Å². The summed E-state index contributed by atoms with van der Waals surface area (Å²) in [7, 11) is 1.90. The van der Waals surface area contributed by atoms with Gasteiger partial charge in [-0.3, -0.25) is 9.69 Å². The van der Waals surface area contributed by atoms with Crippen LogP contribution in [0.2, 0.25) is 5.02 Å². The van der Waals surface area contributed by atoms with Crippen molar-refractivity contribution in [2.75, 3.05) is 39.8 Å². The Morgan fingerprint density at radius 1 is 1.30 bits per heavy atom. The fraction of sp³-hybridized carbons (Fsp3) is 0.632. The van der Waals surface area contributed by atoms with Crippen molar-refractivity contribution in [2.24, 2.45) is 0 Å². The van der Waals surface area contributed by atoms with Gasteiger partial charge in [-0.25, -0.2) is 0 Å². The van der Waals surface area contributed by atoms with Gasteiger partial charge in [-0.2, -0.15) is 0 Å². The minimum atomic E-state index is -0.181. The van der Waals surface area contributed by atoms with Crippen LogP contribution in [-0.4, -0.2) is 56.2 Å². The number of hydrogen-bond acceptors (Lipinski definition) is 4. The standard InChI is InChI=1S/C19H30ClN3O2.2ClH/c1-19(2)14-23(11-12-25-19)17(15-6-8-16(20)9-7-15)13-22-18(24)5-4-10-21-3;;/h6-9,17,21H,4-5,10-14H2,1-3H3,(H,22,24);2*1H. The number of hydrogen-bond donors (Lipinski definition) is 2. The highest BCUT2D eigenvalue weighted by atomic mass is 35.5. The van der Waals surface area contributed by atoms with Gasteiger partial charge in [0.15, 0.2) is 0 Å². The van der Waals surface area contributed by atoms with Crippen molar-refractivity contribution < 1.29 is 9.53 Å². The van der Waals surface area contributed by atoms with Crippen LogP contribution in [0.1, 0.15) is 38.3 Å². The number of carbonyl (C=O) groups excluding carboxylic acids is 1. The van der Waals surface area contributed by atoms with Gasteiger partial charge < -0.3 is 15.4 Å². The van der Waals surface area contributed by atoms with Gasteiger partial charge >= 0.3 is 0 Å². The quantitative estimate of drug-likeness (QED) is 0.608. The Morgan fingerprint density at radius 2 is 1.96 bits per heavy atom. The number of rotatable bonds is 8. The molecule has 1 aliphatic rings. The summed E-state index contributed by atoms with van der Waals surface area (Å²) in [6.07, 6.45) is 1.39. The molecule has 2 rings (SSSR count). The number of benzene rings is 1. The van der Waals surface area contributed by atoms with Gasteiger partial charge in [-0.1, -0.05) is 23.7 Å². The predicted octanol–water partition coefficient (Wildman–Crippen LogP) is 3.45. The molecule has 0 saturated carbocycles. The van der Waals surface area contributed by atoms with Gasteiger partial charge in [0, 0.05) is 31.1 Å². The van der Waals surface area contributed by atoms with Crippen molar-refractivity contribution in [1.29, 1.82) is 0 Å². The summed E-state index contributed by atoms with van der Waals surface area (Å²) in [5.74, 6) is 0.0988. The smallest absolute Gasteiger partial charge is 0.220 e. The molecule has 0 radical (unpaired) electrons. The van der Waals surface area contributed by atoms with E-state index >= 15 is 0 Å². The van der Waals surface area contributed by atoms with E-state index in [1.165, 1.54) is 0 Å². The van der Waals surface area contributed by atoms with E-state index in [1.54, 1.807) is 0 Å². The van der Waals surface area contributed by atoms with E-state index in [0.717, 1.165) is 36.6 Å². The molecule has 0 aromatic heterocycles. The highest BCUT2D eigenvalue weighted by Gasteiger charge is 2.32. The van der Waals surface area contributed by atoms with Crippen LogP contribution in [-0.2, 0) is 9.53 Å². The first-order valence-corrected chi connectivity index (χ1v) is 9.34. The lowest BCUT2D eigenvalue weighted by Gasteiger charge is -2.42. The minimum absolute atomic E-state index is 0. The molecule has 1 saturated heterocycles. The Morgan fingerprint density at radius 3 is 2.56 bits per heavy atom. The molecular formula is C19H32Cl3N3O2. The summed E-state index contributed by atoms with van der Waals surface area (Å²) in [4.78, 5) is 14.5. The first-order chi connectivity index (χ1) is 11.9. The van der Waals surface area contributed by atoms with Crippen LogP contribution in [0.15, 0.2) is 24.3 Å². The van der Waals surface area contributed by atoms with Gasteiger partial charge in [-0.05, 0) is 51.6 Å². The fourth-order valence-corrected chi connectivity index (χ4v) is 3.31. The third-order valence-corrected chi connectivity index (χ3v) is 4.73. The van der Waals surface area contributed by atoms with E-state index in [1.807, 2.05) is 31.3 Å². The number of carbonyl (C=O) groups is 1. The van der Waals surface area contributed by atoms with Crippen LogP contribution in [0.3, 0.4) is 0 Å². The molecule has 0 bridgehead atoms. The molecule has 0 spiro atoms. The third-order valence-electron chi connectivity index (χ3n) is 4.47. The van der Waals surface area contributed by atoms with Crippen molar-refractivity contribution in [3.63, 3.8) is 0 Å². The van der Waals surface area contributed by atoms with E-state index < -0.39 is 0 Å². The summed E-state index contributed by atoms with van der Waals surface area (Å²) in [6, 6.07) is 8.02. The number of nitrogens with one attached hydrogen (secondary N) is 2. The van der Waals surface area contributed by atoms with Crippen LogP contribution < -0.4 is 10.6 Å². The zero-order valence-electron chi connectivity index (χ0n) is 16.3. The molecule has 1 aromatic rings. The maximum absolute atomic E-state index is 12.1. The molecule has 0 aliphatic carbocycles. The Kier molecular flexibility index (Phi) is 12.5. The number of halogens is 3. The zero-order valence-corrected chi connectivity index (χ0v) is 18.7. The molecule has 2 N–H and O–H groups in total. The zero-order chi connectivity index (χ0) is 18.3. The lowest BCUT2D eigenvalue weighted by atomic mass is 10.0. The molecule has 156 valence electrons. The van der Waals surface area contributed by atoms with Crippen molar-refractivity contribution in [3.05, 3.63) is 34.9 Å². The van der Waals surface area contributed by atoms with E-state index in [-0.39, 0.29) is 42.4 Å². The average molecular weight is 441 g/mol. The van der Waals surface area contributed by atoms with Gasteiger partial charge in [0.25, 0.3) is 0 Å². The maximum atomic E-state index is 12.1. The second-order valence-electron chi connectivity index (χ2n) is 7.16. The van der Waals surface area contributed by atoms with E-state index in [0.29, 0.717) is 19.6 Å². The van der Waals surface area contributed by atoms with Crippen molar-refractivity contribution in [1.82, 2.24) is 15.5 Å². The number of nitrogens with zero attached hydrogens (tertiary/aromatic N) is 1. The summed E-state index contributed by atoms with van der Waals surface area (Å²) in [5, 5.41) is 6.89. The van der Waals surface area contributed by atoms with E-state index in [4.69, 9.17) is 16.3 Å². The molecule has 1 fully saturated rings. The number of ether oxygens (including phenoxy) is 1. The predicted molar refractivity (Wildman–Crippen MR) is 116 cm³/mol. The highest BCUT2D eigenvalue weighted by Crippen LogP contribution is 2.27. The fourth-order valence-electron chi connectivity index (χ4n) is 3.19. The Hall–Kier alpha value is -0.560. The Balaban J connectivity index is 0.00000338. The van der Waals surface area contributed by atoms with Crippen LogP contribution in [0, 0.1) is 0 Å². The summed E-state index contributed by atoms with van der Waals surface area (Å²) in [6.45, 7) is 8.04. The van der Waals surface area contributed by atoms with E-state index in [9.17, 15) is 4.79 Å². The summed E-state index contributed by atoms with van der Waals surface area (Å²) >= 11 is 6.04. The molecule has 27 heavy (non-hydrogen) atoms. The molecule has 1 heterocycles. The molecule has 5 nitrogen and oxygen atoms in total. The van der Waals surface area contributed by atoms with Crippen LogP contribution in [0.4, 0.5) is 0 Å². The van der Waals surface area contributed by atoms with Crippen LogP contribution in [0.5, 0.6) is 0 Å². The molecule has 1 amide bonds. The second kappa shape index (κ2) is 12.8. The van der Waals surface area contributed by atoms with Crippen molar-refractivity contribution in [2.45, 2.75) is 38.3 Å². The number of amides is 1. The molecule has 1 aromatic carbocycles. The molecule has 1 unspecified atom stereocenters. The van der Waals surface area contributed by atoms with Crippen LogP contribution >= 0.6 is 36.4 Å². The normalized spacial score (nSPS) is 17.3. The first kappa shape index (κ1) is 26.4. The van der Waals surface area contributed by atoms with Gasteiger partial charge in [0.1, 0.15) is 0 Å². The van der Waals surface area contributed by atoms with Gasteiger partial charge in [-0.15, -0.1) is 24.8 Å². The Bertz CT molecular complexity index is 556. The number of morpholine rings is 1.